The van der Waals surface area contributed by atoms with E-state index in [0.717, 1.165) is 77.0 Å². The Morgan fingerprint density at radius 1 is 0.400 bits per heavy atom. The van der Waals surface area contributed by atoms with Crippen LogP contribution < -0.4 is 0 Å². The third kappa shape index (κ3) is 64.4. The minimum absolute atomic E-state index is 0.0293. The molecule has 0 bridgehead atoms. The summed E-state index contributed by atoms with van der Waals surface area (Å²) in [4.78, 5) is 35.8. The van der Waals surface area contributed by atoms with E-state index in [0.29, 0.717) is 17.4 Å². The van der Waals surface area contributed by atoms with Crippen molar-refractivity contribution in [3.63, 3.8) is 0 Å². The van der Waals surface area contributed by atoms with Gasteiger partial charge in [0.25, 0.3) is 0 Å². The fraction of sp³-hybridized carbons (Fsp3) is 0.771. The van der Waals surface area contributed by atoms with Crippen LogP contribution in [0.25, 0.3) is 0 Å². The van der Waals surface area contributed by atoms with Crippen LogP contribution in [0.3, 0.4) is 0 Å². The van der Waals surface area contributed by atoms with Gasteiger partial charge in [-0.15, -0.1) is 0 Å². The zero-order chi connectivity index (χ0) is 58.4. The Bertz CT molecular complexity index is 1630. The van der Waals surface area contributed by atoms with Crippen molar-refractivity contribution in [3.8, 4) is 0 Å². The molecule has 10 heteroatoms. The van der Waals surface area contributed by atoms with Crippen LogP contribution in [-0.2, 0) is 32.7 Å². The molecule has 0 fully saturated rings. The van der Waals surface area contributed by atoms with Gasteiger partial charge in [0.15, 0.2) is 6.10 Å². The Morgan fingerprint density at radius 3 is 1.06 bits per heavy atom. The normalized spacial score (nSPS) is 13.7. The summed E-state index contributed by atoms with van der Waals surface area (Å²) in [6.45, 7) is 4.34. The fourth-order valence-corrected chi connectivity index (χ4v) is 10.1. The number of hydrogen-bond acceptors (Lipinski definition) is 7. The van der Waals surface area contributed by atoms with Gasteiger partial charge < -0.3 is 18.9 Å². The predicted molar refractivity (Wildman–Crippen MR) is 344 cm³/mol. The van der Waals surface area contributed by atoms with Gasteiger partial charge in [-0.25, -0.2) is 4.57 Å². The molecule has 0 aromatic rings. The lowest BCUT2D eigenvalue weighted by atomic mass is 10.0. The molecule has 0 rings (SSSR count). The van der Waals surface area contributed by atoms with Gasteiger partial charge >= 0.3 is 19.8 Å². The van der Waals surface area contributed by atoms with Crippen molar-refractivity contribution in [2.75, 3.05) is 47.5 Å². The maximum atomic E-state index is 12.9. The summed E-state index contributed by atoms with van der Waals surface area (Å²) in [6, 6.07) is 0. The number of allylic oxidation sites excluding steroid dienone is 14. The summed E-state index contributed by atoms with van der Waals surface area (Å²) in [6.07, 6.45) is 82.4. The van der Waals surface area contributed by atoms with Crippen LogP contribution in [0, 0.1) is 0 Å². The second kappa shape index (κ2) is 60.8. The summed E-state index contributed by atoms with van der Waals surface area (Å²) in [7, 11) is 1.48. The summed E-state index contributed by atoms with van der Waals surface area (Å²) >= 11 is 0. The molecule has 0 radical (unpaired) electrons. The van der Waals surface area contributed by atoms with Gasteiger partial charge in [-0.3, -0.25) is 18.6 Å². The number of esters is 2. The Kier molecular flexibility index (Phi) is 58.6. The molecule has 9 nitrogen and oxygen atoms in total. The van der Waals surface area contributed by atoms with Gasteiger partial charge in [-0.05, 0) is 89.9 Å². The van der Waals surface area contributed by atoms with Crippen LogP contribution in [0.2, 0.25) is 0 Å². The van der Waals surface area contributed by atoms with E-state index in [1.54, 1.807) is 0 Å². The minimum Gasteiger partial charge on any atom is -0.462 e. The highest BCUT2D eigenvalue weighted by molar-refractivity contribution is 7.47. The number of phosphoric ester groups is 1. The van der Waals surface area contributed by atoms with Crippen molar-refractivity contribution < 1.29 is 42.1 Å². The number of phosphoric acid groups is 1. The molecule has 0 amide bonds. The molecule has 0 aromatic carbocycles. The third-order valence-corrected chi connectivity index (χ3v) is 15.4. The first-order chi connectivity index (χ1) is 39.0. The molecule has 1 N–H and O–H groups in total. The zero-order valence-corrected chi connectivity index (χ0v) is 53.7. The Morgan fingerprint density at radius 2 is 0.713 bits per heavy atom. The first-order valence-corrected chi connectivity index (χ1v) is 34.8. The van der Waals surface area contributed by atoms with Crippen LogP contribution in [0.15, 0.2) is 85.1 Å². The molecule has 2 unspecified atom stereocenters. The summed E-state index contributed by atoms with van der Waals surface area (Å²) in [5.74, 6) is -0.792. The molecule has 0 heterocycles. The highest BCUT2D eigenvalue weighted by Gasteiger charge is 2.27. The second-order valence-electron chi connectivity index (χ2n) is 23.5. The number of unbranched alkanes of at least 4 members (excludes halogenated alkanes) is 33. The lowest BCUT2D eigenvalue weighted by Gasteiger charge is -2.24. The average molecular weight is 1140 g/mol. The second-order valence-corrected chi connectivity index (χ2v) is 24.9. The van der Waals surface area contributed by atoms with E-state index in [2.05, 4.69) is 98.9 Å². The number of likely N-dealkylation sites (N-methyl/N-ethyl adjacent to an activating group) is 1. The van der Waals surface area contributed by atoms with Crippen LogP contribution in [0.4, 0.5) is 0 Å². The zero-order valence-electron chi connectivity index (χ0n) is 52.8. The highest BCUT2D eigenvalue weighted by atomic mass is 31.2. The number of rotatable bonds is 61. The standard InChI is InChI=1S/C70H126NO8P/c1-6-8-10-12-14-16-18-20-22-24-26-28-30-32-33-34-35-36-37-39-40-42-44-46-48-50-52-54-56-58-60-62-69(72)76-66-68(67-78-80(74,75)77-65-64-71(3,4)5)79-70(73)63-61-59-57-55-53-51-49-47-45-43-41-38-31-29-27-25-23-21-19-17-15-13-11-9-7-2/h9,11,15,17-18,20-21,23-24,26-27,29-30,32,68H,6-8,10,12-14,16,19,22,25,28,31,33-67H2,1-5H3/p+1/b11-9-,17-15-,20-18-,23-21-,26-24-,29-27-,32-30-. The number of carbonyl (C=O) groups is 2. The van der Waals surface area contributed by atoms with Crippen LogP contribution in [-0.4, -0.2) is 74.9 Å². The van der Waals surface area contributed by atoms with Gasteiger partial charge in [-0.1, -0.05) is 279 Å². The maximum absolute atomic E-state index is 12.9. The first-order valence-electron chi connectivity index (χ1n) is 33.3. The monoisotopic (exact) mass is 1140 g/mol. The lowest BCUT2D eigenvalue weighted by molar-refractivity contribution is -0.870. The van der Waals surface area contributed by atoms with Crippen molar-refractivity contribution in [3.05, 3.63) is 85.1 Å². The van der Waals surface area contributed by atoms with Crippen LogP contribution >= 0.6 is 7.82 Å². The molecular formula is C70H127NO8P+. The van der Waals surface area contributed by atoms with E-state index >= 15 is 0 Å². The quantitative estimate of drug-likeness (QED) is 0.0211. The molecule has 0 saturated carbocycles. The summed E-state index contributed by atoms with van der Waals surface area (Å²) < 4.78 is 34.7. The predicted octanol–water partition coefficient (Wildman–Crippen LogP) is 21.4. The Labute approximate surface area is 494 Å². The molecule has 0 saturated heterocycles. The van der Waals surface area contributed by atoms with Gasteiger partial charge in [0, 0.05) is 12.8 Å². The Balaban J connectivity index is 4.06. The maximum Gasteiger partial charge on any atom is 0.472 e. The van der Waals surface area contributed by atoms with Crippen molar-refractivity contribution in [2.45, 2.75) is 302 Å². The molecule has 464 valence electrons. The first kappa shape index (κ1) is 77.2. The molecule has 0 spiro atoms. The molecule has 0 aliphatic carbocycles. The van der Waals surface area contributed by atoms with E-state index < -0.39 is 26.5 Å². The van der Waals surface area contributed by atoms with E-state index in [-0.39, 0.29) is 32.0 Å². The minimum atomic E-state index is -4.39. The summed E-state index contributed by atoms with van der Waals surface area (Å²) in [5.41, 5.74) is 0. The van der Waals surface area contributed by atoms with Crippen molar-refractivity contribution in [1.82, 2.24) is 0 Å². The SMILES string of the molecule is CC/C=C\C/C=C\C/C=C\C/C=C\CCCCCCCCCCCCCCC(=O)OC(COC(=O)CCCCCCCCCCCCCCCCCC/C=C\C/C=C\C/C=C\CCCCCCC)COP(=O)(O)OCC[N+](C)(C)C. The molecule has 0 aliphatic rings. The van der Waals surface area contributed by atoms with E-state index in [4.69, 9.17) is 18.5 Å². The van der Waals surface area contributed by atoms with Crippen molar-refractivity contribution >= 4 is 19.8 Å². The van der Waals surface area contributed by atoms with E-state index in [1.807, 2.05) is 21.1 Å². The Hall–Kier alpha value is -2.81. The molecule has 0 aromatic heterocycles. The smallest absolute Gasteiger partial charge is 0.462 e. The number of hydrogen-bond donors (Lipinski definition) is 1. The molecule has 2 atom stereocenters. The number of carbonyl (C=O) groups excluding carboxylic acids is 2. The average Bonchev–Trinajstić information content (AvgIpc) is 3.42. The van der Waals surface area contributed by atoms with Crippen molar-refractivity contribution in [2.24, 2.45) is 0 Å². The fourth-order valence-electron chi connectivity index (χ4n) is 9.31. The number of quaternary nitrogens is 1. The van der Waals surface area contributed by atoms with Gasteiger partial charge in [-0.2, -0.15) is 0 Å². The highest BCUT2D eigenvalue weighted by Crippen LogP contribution is 2.43. The van der Waals surface area contributed by atoms with Crippen molar-refractivity contribution in [1.29, 1.82) is 0 Å². The van der Waals surface area contributed by atoms with Crippen LogP contribution in [0.5, 0.6) is 0 Å². The molecular weight excluding hydrogens is 1010 g/mol. The van der Waals surface area contributed by atoms with Gasteiger partial charge in [0.1, 0.15) is 19.8 Å². The topological polar surface area (TPSA) is 108 Å². The largest absolute Gasteiger partial charge is 0.472 e. The van der Waals surface area contributed by atoms with Gasteiger partial charge in [0.05, 0.1) is 27.7 Å². The number of ether oxygens (including phenoxy) is 2. The molecule has 0 aliphatic heterocycles. The van der Waals surface area contributed by atoms with E-state index in [1.165, 1.54) is 186 Å². The third-order valence-electron chi connectivity index (χ3n) is 14.4. The van der Waals surface area contributed by atoms with Gasteiger partial charge in [0.2, 0.25) is 0 Å². The van der Waals surface area contributed by atoms with Crippen LogP contribution in [0.1, 0.15) is 296 Å². The summed E-state index contributed by atoms with van der Waals surface area (Å²) in [5, 5.41) is 0. The van der Waals surface area contributed by atoms with E-state index in [9.17, 15) is 19.0 Å². The number of nitrogens with zero attached hydrogens (tertiary/aromatic N) is 1. The molecule has 80 heavy (non-hydrogen) atoms. The lowest BCUT2D eigenvalue weighted by Crippen LogP contribution is -2.37.